The Labute approximate surface area is 189 Å². The molecule has 2 fully saturated rings. The smallest absolute Gasteiger partial charge is 0.271 e. The molecule has 31 heavy (non-hydrogen) atoms. The highest BCUT2D eigenvalue weighted by Crippen LogP contribution is 2.40. The van der Waals surface area contributed by atoms with Crippen LogP contribution in [0, 0.1) is 5.92 Å². The summed E-state index contributed by atoms with van der Waals surface area (Å²) in [6, 6.07) is 4.68. The number of carbonyl (C=O) groups is 2. The van der Waals surface area contributed by atoms with Gasteiger partial charge < -0.3 is 14.8 Å². The van der Waals surface area contributed by atoms with E-state index in [0.717, 1.165) is 66.8 Å². The van der Waals surface area contributed by atoms with Crippen molar-refractivity contribution >= 4 is 33.4 Å². The van der Waals surface area contributed by atoms with Crippen molar-refractivity contribution in [2.24, 2.45) is 5.92 Å². The number of thiophene rings is 1. The summed E-state index contributed by atoms with van der Waals surface area (Å²) in [5.41, 5.74) is 1.02. The largest absolute Gasteiger partial charge is 0.351 e. The van der Waals surface area contributed by atoms with E-state index in [1.165, 1.54) is 17.7 Å². The van der Waals surface area contributed by atoms with Crippen LogP contribution >= 0.6 is 11.3 Å². The van der Waals surface area contributed by atoms with Gasteiger partial charge in [-0.3, -0.25) is 9.59 Å². The molecule has 2 aromatic rings. The third kappa shape index (κ3) is 3.51. The van der Waals surface area contributed by atoms with Gasteiger partial charge in [0.2, 0.25) is 5.91 Å². The van der Waals surface area contributed by atoms with Crippen molar-refractivity contribution in [3.8, 4) is 0 Å². The molecule has 2 aromatic heterocycles. The Bertz CT molecular complexity index is 994. The van der Waals surface area contributed by atoms with Crippen LogP contribution < -0.4 is 5.32 Å². The van der Waals surface area contributed by atoms with Crippen LogP contribution in [0.15, 0.2) is 12.1 Å². The van der Waals surface area contributed by atoms with Crippen LogP contribution in [0.2, 0.25) is 0 Å². The molecular formula is C25H35N3O2S. The summed E-state index contributed by atoms with van der Waals surface area (Å²) in [7, 11) is 0. The number of nitrogens with zero attached hydrogens (tertiary/aromatic N) is 2. The molecular weight excluding hydrogens is 406 g/mol. The zero-order valence-electron chi connectivity index (χ0n) is 19.1. The summed E-state index contributed by atoms with van der Waals surface area (Å²) >= 11 is 1.77. The molecule has 0 unspecified atom stereocenters. The molecule has 168 valence electrons. The van der Waals surface area contributed by atoms with Crippen molar-refractivity contribution in [1.82, 2.24) is 14.8 Å². The molecule has 3 heterocycles. The van der Waals surface area contributed by atoms with Gasteiger partial charge in [-0.1, -0.05) is 26.7 Å². The van der Waals surface area contributed by atoms with E-state index in [9.17, 15) is 9.59 Å². The summed E-state index contributed by atoms with van der Waals surface area (Å²) in [4.78, 5) is 30.9. The van der Waals surface area contributed by atoms with Gasteiger partial charge in [0, 0.05) is 17.0 Å². The summed E-state index contributed by atoms with van der Waals surface area (Å²) in [6.45, 7) is 7.01. The fraction of sp³-hybridized carbons (Fsp3) is 0.680. The van der Waals surface area contributed by atoms with Crippen LogP contribution in [-0.2, 0) is 17.8 Å². The minimum Gasteiger partial charge on any atom is -0.351 e. The minimum atomic E-state index is -0.845. The maximum absolute atomic E-state index is 13.8. The molecule has 1 atom stereocenters. The van der Waals surface area contributed by atoms with E-state index < -0.39 is 5.54 Å². The van der Waals surface area contributed by atoms with Crippen LogP contribution in [0.5, 0.6) is 0 Å². The number of nitrogens with one attached hydrogen (secondary N) is 1. The lowest BCUT2D eigenvalue weighted by Gasteiger charge is -2.47. The third-order valence-corrected chi connectivity index (χ3v) is 9.17. The first kappa shape index (κ1) is 21.0. The van der Waals surface area contributed by atoms with Crippen molar-refractivity contribution in [3.63, 3.8) is 0 Å². The lowest BCUT2D eigenvalue weighted by atomic mass is 9.86. The van der Waals surface area contributed by atoms with Crippen LogP contribution in [0.25, 0.3) is 10.2 Å². The second-order valence-corrected chi connectivity index (χ2v) is 11.4. The normalized spacial score (nSPS) is 29.5. The SMILES string of the molecule is CCc1cc2c(cc3n2C[C@@](C)(C(=O)NC2CCC(C)CC2)N(C2CCCC2)C3=O)s1. The van der Waals surface area contributed by atoms with Crippen molar-refractivity contribution in [2.75, 3.05) is 0 Å². The van der Waals surface area contributed by atoms with Gasteiger partial charge in [-0.25, -0.2) is 0 Å². The third-order valence-electron chi connectivity index (χ3n) is 7.95. The molecule has 6 heteroatoms. The fourth-order valence-electron chi connectivity index (χ4n) is 6.00. The number of aryl methyl sites for hydroxylation is 1. The zero-order chi connectivity index (χ0) is 21.8. The van der Waals surface area contributed by atoms with Crippen LogP contribution in [0.4, 0.5) is 0 Å². The monoisotopic (exact) mass is 441 g/mol. The van der Waals surface area contributed by atoms with E-state index >= 15 is 0 Å². The van der Waals surface area contributed by atoms with Crippen LogP contribution in [0.1, 0.15) is 87.5 Å². The summed E-state index contributed by atoms with van der Waals surface area (Å²) in [6.07, 6.45) is 9.72. The van der Waals surface area contributed by atoms with Gasteiger partial charge in [0.25, 0.3) is 5.91 Å². The van der Waals surface area contributed by atoms with Gasteiger partial charge in [0.15, 0.2) is 0 Å². The van der Waals surface area contributed by atoms with E-state index in [1.807, 2.05) is 11.8 Å². The quantitative estimate of drug-likeness (QED) is 0.716. The maximum Gasteiger partial charge on any atom is 0.271 e. The van der Waals surface area contributed by atoms with Crippen molar-refractivity contribution < 1.29 is 9.59 Å². The van der Waals surface area contributed by atoms with E-state index in [2.05, 4.69) is 35.9 Å². The van der Waals surface area contributed by atoms with Crippen molar-refractivity contribution in [3.05, 3.63) is 22.7 Å². The second-order valence-electron chi connectivity index (χ2n) is 10.2. The predicted molar refractivity (Wildman–Crippen MR) is 126 cm³/mol. The number of hydrogen-bond acceptors (Lipinski definition) is 3. The number of rotatable bonds is 4. The standard InChI is InChI=1S/C25H35N3O2S/c1-4-19-13-20-22(31-19)14-21-23(29)28(18-7-5-6-8-18)25(3,15-27(20)21)24(30)26-17-11-9-16(2)10-12-17/h13-14,16-18H,4-12,15H2,1-3H3,(H,26,30)/t16?,17?,25-/m0/s1. The van der Waals surface area contributed by atoms with E-state index in [1.54, 1.807) is 11.3 Å². The van der Waals surface area contributed by atoms with E-state index in [-0.39, 0.29) is 23.9 Å². The first-order valence-corrected chi connectivity index (χ1v) is 13.0. The number of carbonyl (C=O) groups excluding carboxylic acids is 2. The van der Waals surface area contributed by atoms with Gasteiger partial charge in [0.05, 0.1) is 16.8 Å². The van der Waals surface area contributed by atoms with Gasteiger partial charge >= 0.3 is 0 Å². The highest BCUT2D eigenvalue weighted by molar-refractivity contribution is 7.19. The summed E-state index contributed by atoms with van der Waals surface area (Å²) in [5.74, 6) is 0.817. The van der Waals surface area contributed by atoms with Gasteiger partial charge in [0.1, 0.15) is 11.2 Å². The molecule has 1 aliphatic heterocycles. The number of fused-ring (bicyclic) bond motifs is 3. The molecule has 3 aliphatic rings. The molecule has 0 aromatic carbocycles. The highest BCUT2D eigenvalue weighted by atomic mass is 32.1. The fourth-order valence-corrected chi connectivity index (χ4v) is 7.05. The molecule has 0 saturated heterocycles. The number of hydrogen-bond donors (Lipinski definition) is 1. The molecule has 1 N–H and O–H groups in total. The van der Waals surface area contributed by atoms with Crippen LogP contribution in [-0.4, -0.2) is 38.9 Å². The molecule has 2 saturated carbocycles. The molecule has 5 nitrogen and oxygen atoms in total. The zero-order valence-corrected chi connectivity index (χ0v) is 19.9. The Morgan fingerprint density at radius 3 is 2.55 bits per heavy atom. The topological polar surface area (TPSA) is 54.3 Å². The average molecular weight is 442 g/mol. The molecule has 0 spiro atoms. The summed E-state index contributed by atoms with van der Waals surface area (Å²) in [5, 5.41) is 3.37. The van der Waals surface area contributed by atoms with Crippen molar-refractivity contribution in [2.45, 2.75) is 103 Å². The predicted octanol–water partition coefficient (Wildman–Crippen LogP) is 5.12. The van der Waals surface area contributed by atoms with E-state index in [4.69, 9.17) is 0 Å². The Morgan fingerprint density at radius 1 is 1.16 bits per heavy atom. The van der Waals surface area contributed by atoms with Gasteiger partial charge in [-0.2, -0.15) is 0 Å². The summed E-state index contributed by atoms with van der Waals surface area (Å²) < 4.78 is 3.29. The lowest BCUT2D eigenvalue weighted by Crippen LogP contribution is -2.67. The number of amides is 2. The minimum absolute atomic E-state index is 0.0331. The Kier molecular flexibility index (Phi) is 5.40. The first-order chi connectivity index (χ1) is 14.9. The lowest BCUT2D eigenvalue weighted by molar-refractivity contribution is -0.135. The Hall–Kier alpha value is -1.82. The van der Waals surface area contributed by atoms with Gasteiger partial charge in [-0.15, -0.1) is 11.3 Å². The average Bonchev–Trinajstić information content (AvgIpc) is 3.47. The Balaban J connectivity index is 1.51. The highest BCUT2D eigenvalue weighted by Gasteiger charge is 2.51. The first-order valence-electron chi connectivity index (χ1n) is 12.2. The molecule has 5 rings (SSSR count). The van der Waals surface area contributed by atoms with Crippen molar-refractivity contribution in [1.29, 1.82) is 0 Å². The number of aromatic nitrogens is 1. The molecule has 0 radical (unpaired) electrons. The van der Waals surface area contributed by atoms with Gasteiger partial charge in [-0.05, 0) is 69.9 Å². The molecule has 2 aliphatic carbocycles. The van der Waals surface area contributed by atoms with E-state index in [0.29, 0.717) is 6.54 Å². The Morgan fingerprint density at radius 2 is 1.87 bits per heavy atom. The molecule has 2 amide bonds. The molecule has 0 bridgehead atoms. The van der Waals surface area contributed by atoms with Crippen LogP contribution in [0.3, 0.4) is 0 Å². The maximum atomic E-state index is 13.8. The second kappa shape index (κ2) is 7.95.